The quantitative estimate of drug-likeness (QED) is 0.767. The summed E-state index contributed by atoms with van der Waals surface area (Å²) in [6.45, 7) is 0. The van der Waals surface area contributed by atoms with E-state index in [0.717, 1.165) is 25.1 Å². The number of nitrogens with zero attached hydrogens (tertiary/aromatic N) is 2. The van der Waals surface area contributed by atoms with Gasteiger partial charge in [0.25, 0.3) is 0 Å². The normalized spacial score (nSPS) is 19.9. The van der Waals surface area contributed by atoms with E-state index in [4.69, 9.17) is 4.74 Å². The Morgan fingerprint density at radius 3 is 3.07 bits per heavy atom. The summed E-state index contributed by atoms with van der Waals surface area (Å²) in [6, 6.07) is 2.30. The van der Waals surface area contributed by atoms with Gasteiger partial charge in [0.1, 0.15) is 12.1 Å². The number of hydrogen-bond acceptors (Lipinski definition) is 4. The fourth-order valence-corrected chi connectivity index (χ4v) is 1.66. The van der Waals surface area contributed by atoms with E-state index in [0.29, 0.717) is 11.9 Å². The van der Waals surface area contributed by atoms with Crippen molar-refractivity contribution in [1.29, 1.82) is 0 Å². The largest absolute Gasteiger partial charge is 0.481 e. The molecular formula is C11H15N3O. The van der Waals surface area contributed by atoms with Gasteiger partial charge in [0.05, 0.1) is 7.11 Å². The minimum Gasteiger partial charge on any atom is -0.481 e. The third-order valence-electron chi connectivity index (χ3n) is 2.47. The van der Waals surface area contributed by atoms with Gasteiger partial charge in [-0.2, -0.15) is 0 Å². The molecule has 4 nitrogen and oxygen atoms in total. The van der Waals surface area contributed by atoms with Crippen LogP contribution in [-0.2, 0) is 0 Å². The lowest BCUT2D eigenvalue weighted by Crippen LogP contribution is -2.20. The van der Waals surface area contributed by atoms with Gasteiger partial charge in [-0.1, -0.05) is 12.2 Å². The first-order valence-corrected chi connectivity index (χ1v) is 5.16. The molecule has 0 amide bonds. The maximum absolute atomic E-state index is 5.04. The first-order valence-electron chi connectivity index (χ1n) is 5.16. The third-order valence-corrected chi connectivity index (χ3v) is 2.47. The van der Waals surface area contributed by atoms with E-state index >= 15 is 0 Å². The van der Waals surface area contributed by atoms with E-state index in [1.165, 1.54) is 6.33 Å². The van der Waals surface area contributed by atoms with Crippen LogP contribution < -0.4 is 10.1 Å². The predicted octanol–water partition coefficient (Wildman–Crippen LogP) is 2.01. The molecule has 0 fully saturated rings. The number of hydrogen-bond donors (Lipinski definition) is 1. The highest BCUT2D eigenvalue weighted by molar-refractivity contribution is 5.38. The van der Waals surface area contributed by atoms with E-state index in [9.17, 15) is 0 Å². The second-order valence-electron chi connectivity index (χ2n) is 3.57. The van der Waals surface area contributed by atoms with Crippen molar-refractivity contribution in [1.82, 2.24) is 9.97 Å². The van der Waals surface area contributed by atoms with Crippen LogP contribution in [0.5, 0.6) is 5.88 Å². The van der Waals surface area contributed by atoms with Crippen LogP contribution in [0, 0.1) is 0 Å². The molecule has 1 aromatic heterocycles. The van der Waals surface area contributed by atoms with Crippen molar-refractivity contribution in [3.05, 3.63) is 24.5 Å². The Labute approximate surface area is 89.4 Å². The van der Waals surface area contributed by atoms with Crippen molar-refractivity contribution < 1.29 is 4.74 Å². The first-order chi connectivity index (χ1) is 7.38. The van der Waals surface area contributed by atoms with E-state index < -0.39 is 0 Å². The van der Waals surface area contributed by atoms with Crippen molar-refractivity contribution in [2.75, 3.05) is 12.4 Å². The summed E-state index contributed by atoms with van der Waals surface area (Å²) in [7, 11) is 1.61. The second-order valence-corrected chi connectivity index (χ2v) is 3.57. The molecule has 0 radical (unpaired) electrons. The van der Waals surface area contributed by atoms with E-state index in [1.54, 1.807) is 7.11 Å². The Kier molecular flexibility index (Phi) is 3.17. The Morgan fingerprint density at radius 1 is 1.40 bits per heavy atom. The molecule has 1 aliphatic carbocycles. The molecule has 1 aromatic rings. The highest BCUT2D eigenvalue weighted by atomic mass is 16.5. The minimum absolute atomic E-state index is 0.481. The Bertz CT molecular complexity index is 351. The molecule has 1 atom stereocenters. The van der Waals surface area contributed by atoms with Gasteiger partial charge in [-0.25, -0.2) is 9.97 Å². The topological polar surface area (TPSA) is 47.0 Å². The van der Waals surface area contributed by atoms with Crippen molar-refractivity contribution >= 4 is 5.82 Å². The monoisotopic (exact) mass is 205 g/mol. The molecule has 1 N–H and O–H groups in total. The van der Waals surface area contributed by atoms with Gasteiger partial charge in [-0.3, -0.25) is 0 Å². The average molecular weight is 205 g/mol. The van der Waals surface area contributed by atoms with Crippen LogP contribution in [0.2, 0.25) is 0 Å². The van der Waals surface area contributed by atoms with E-state index in [1.807, 2.05) is 6.07 Å². The number of rotatable bonds is 3. The van der Waals surface area contributed by atoms with E-state index in [-0.39, 0.29) is 0 Å². The molecule has 1 heterocycles. The summed E-state index contributed by atoms with van der Waals surface area (Å²) < 4.78 is 5.04. The fourth-order valence-electron chi connectivity index (χ4n) is 1.66. The lowest BCUT2D eigenvalue weighted by Gasteiger charge is -2.19. The molecule has 0 bridgehead atoms. The highest BCUT2D eigenvalue weighted by Crippen LogP contribution is 2.17. The summed E-state index contributed by atoms with van der Waals surface area (Å²) in [6.07, 6.45) is 9.30. The van der Waals surface area contributed by atoms with Crippen molar-refractivity contribution in [3.8, 4) is 5.88 Å². The summed E-state index contributed by atoms with van der Waals surface area (Å²) in [5, 5.41) is 3.37. The van der Waals surface area contributed by atoms with Gasteiger partial charge in [-0.15, -0.1) is 0 Å². The Balaban J connectivity index is 2.00. The minimum atomic E-state index is 0.481. The van der Waals surface area contributed by atoms with Crippen LogP contribution in [0.4, 0.5) is 5.82 Å². The number of nitrogens with one attached hydrogen (secondary N) is 1. The van der Waals surface area contributed by atoms with Gasteiger partial charge in [0, 0.05) is 12.1 Å². The zero-order chi connectivity index (χ0) is 10.5. The van der Waals surface area contributed by atoms with Crippen molar-refractivity contribution in [2.24, 2.45) is 0 Å². The highest BCUT2D eigenvalue weighted by Gasteiger charge is 2.10. The van der Waals surface area contributed by atoms with Gasteiger partial charge >= 0.3 is 0 Å². The van der Waals surface area contributed by atoms with Crippen molar-refractivity contribution in [3.63, 3.8) is 0 Å². The number of aromatic nitrogens is 2. The maximum atomic E-state index is 5.04. The van der Waals surface area contributed by atoms with E-state index in [2.05, 4.69) is 27.4 Å². The molecule has 80 valence electrons. The zero-order valence-corrected chi connectivity index (χ0v) is 8.81. The van der Waals surface area contributed by atoms with Crippen LogP contribution in [0.3, 0.4) is 0 Å². The maximum Gasteiger partial charge on any atom is 0.218 e. The van der Waals surface area contributed by atoms with Crippen LogP contribution in [0.15, 0.2) is 24.5 Å². The molecule has 4 heteroatoms. The molecule has 0 spiro atoms. The first kappa shape index (κ1) is 9.96. The summed E-state index contributed by atoms with van der Waals surface area (Å²) in [4.78, 5) is 8.12. The number of methoxy groups -OCH3 is 1. The molecule has 1 unspecified atom stereocenters. The molecule has 15 heavy (non-hydrogen) atoms. The molecule has 1 aliphatic rings. The summed E-state index contributed by atoms with van der Waals surface area (Å²) >= 11 is 0. The predicted molar refractivity (Wildman–Crippen MR) is 59.0 cm³/mol. The SMILES string of the molecule is COc1cc(NC2CC=CCC2)ncn1. The molecule has 0 saturated heterocycles. The van der Waals surface area contributed by atoms with Crippen LogP contribution in [-0.4, -0.2) is 23.1 Å². The zero-order valence-electron chi connectivity index (χ0n) is 8.81. The Morgan fingerprint density at radius 2 is 2.33 bits per heavy atom. The fraction of sp³-hybridized carbons (Fsp3) is 0.455. The van der Waals surface area contributed by atoms with Gasteiger partial charge in [0.2, 0.25) is 5.88 Å². The number of anilines is 1. The molecule has 0 aromatic carbocycles. The summed E-state index contributed by atoms with van der Waals surface area (Å²) in [5.41, 5.74) is 0. The van der Waals surface area contributed by atoms with Gasteiger partial charge in [0.15, 0.2) is 0 Å². The Hall–Kier alpha value is -1.58. The summed E-state index contributed by atoms with van der Waals surface area (Å²) in [5.74, 6) is 1.43. The van der Waals surface area contributed by atoms with Gasteiger partial charge < -0.3 is 10.1 Å². The van der Waals surface area contributed by atoms with Gasteiger partial charge in [-0.05, 0) is 19.3 Å². The lowest BCUT2D eigenvalue weighted by atomic mass is 10.0. The molecule has 0 aliphatic heterocycles. The molecule has 0 saturated carbocycles. The molecule has 2 rings (SSSR count). The number of allylic oxidation sites excluding steroid dienone is 1. The lowest BCUT2D eigenvalue weighted by molar-refractivity contribution is 0.397. The van der Waals surface area contributed by atoms with Crippen molar-refractivity contribution in [2.45, 2.75) is 25.3 Å². The smallest absolute Gasteiger partial charge is 0.218 e. The third kappa shape index (κ3) is 2.68. The van der Waals surface area contributed by atoms with Crippen LogP contribution in [0.1, 0.15) is 19.3 Å². The molecular weight excluding hydrogens is 190 g/mol. The standard InChI is InChI=1S/C11H15N3O/c1-15-11-7-10(12-8-13-11)14-9-5-3-2-4-6-9/h2-3,7-9H,4-6H2,1H3,(H,12,13,14). The van der Waals surface area contributed by atoms with Crippen LogP contribution >= 0.6 is 0 Å². The number of ether oxygens (including phenoxy) is 1. The van der Waals surface area contributed by atoms with Crippen LogP contribution in [0.25, 0.3) is 0 Å². The average Bonchev–Trinajstić information content (AvgIpc) is 2.31. The second kappa shape index (κ2) is 4.77.